The number of benzene rings is 1. The summed E-state index contributed by atoms with van der Waals surface area (Å²) >= 11 is 0. The Labute approximate surface area is 94.4 Å². The highest BCUT2D eigenvalue weighted by molar-refractivity contribution is 5.89. The van der Waals surface area contributed by atoms with E-state index < -0.39 is 12.1 Å². The number of aliphatic hydroxyl groups is 1. The van der Waals surface area contributed by atoms with E-state index in [1.54, 1.807) is 24.3 Å². The first-order valence-corrected chi connectivity index (χ1v) is 5.13. The molecule has 0 radical (unpaired) electrons. The maximum absolute atomic E-state index is 11.4. The molecule has 0 aliphatic rings. The highest BCUT2D eigenvalue weighted by Gasteiger charge is 2.09. The maximum atomic E-state index is 11.4. The van der Waals surface area contributed by atoms with E-state index >= 15 is 0 Å². The second-order valence-corrected chi connectivity index (χ2v) is 3.40. The van der Waals surface area contributed by atoms with E-state index in [0.717, 1.165) is 0 Å². The van der Waals surface area contributed by atoms with Crippen molar-refractivity contribution < 1.29 is 14.6 Å². The van der Waals surface area contributed by atoms with Gasteiger partial charge in [0.05, 0.1) is 11.7 Å². The Hall–Kier alpha value is -1.68. The van der Waals surface area contributed by atoms with E-state index in [9.17, 15) is 9.90 Å². The zero-order chi connectivity index (χ0) is 11.8. The standard InChI is InChI=1S/C12H15NO3/c13-8-4-7-11(14)9-16-12(15)10-5-2-1-3-6-10/h1-3,5-6,8,11,13-14H,4,7,9H2. The topological polar surface area (TPSA) is 70.4 Å². The fourth-order valence-corrected chi connectivity index (χ4v) is 1.19. The van der Waals surface area contributed by atoms with Crippen LogP contribution < -0.4 is 0 Å². The van der Waals surface area contributed by atoms with Crippen LogP contribution in [0, 0.1) is 5.41 Å². The van der Waals surface area contributed by atoms with Crippen LogP contribution in [0.4, 0.5) is 0 Å². The number of aliphatic hydroxyl groups excluding tert-OH is 1. The van der Waals surface area contributed by atoms with E-state index in [1.807, 2.05) is 6.07 Å². The van der Waals surface area contributed by atoms with E-state index in [0.29, 0.717) is 18.4 Å². The zero-order valence-corrected chi connectivity index (χ0v) is 8.93. The molecule has 4 heteroatoms. The predicted octanol–water partition coefficient (Wildman–Crippen LogP) is 1.63. The average molecular weight is 221 g/mol. The molecule has 0 aromatic heterocycles. The van der Waals surface area contributed by atoms with Crippen molar-refractivity contribution in [1.82, 2.24) is 0 Å². The number of carbonyl (C=O) groups excluding carboxylic acids is 1. The van der Waals surface area contributed by atoms with Crippen LogP contribution in [0.5, 0.6) is 0 Å². The van der Waals surface area contributed by atoms with Gasteiger partial charge in [-0.25, -0.2) is 4.79 Å². The lowest BCUT2D eigenvalue weighted by molar-refractivity contribution is 0.0244. The van der Waals surface area contributed by atoms with Crippen molar-refractivity contribution >= 4 is 12.2 Å². The SMILES string of the molecule is N=CCCC(O)COC(=O)c1ccccc1. The molecule has 0 spiro atoms. The van der Waals surface area contributed by atoms with E-state index in [2.05, 4.69) is 0 Å². The molecule has 0 fully saturated rings. The van der Waals surface area contributed by atoms with Gasteiger partial charge in [0, 0.05) is 0 Å². The number of carbonyl (C=O) groups is 1. The number of nitrogens with one attached hydrogen (secondary N) is 1. The minimum Gasteiger partial charge on any atom is -0.459 e. The second-order valence-electron chi connectivity index (χ2n) is 3.40. The molecule has 0 amide bonds. The van der Waals surface area contributed by atoms with Crippen molar-refractivity contribution in [2.45, 2.75) is 18.9 Å². The molecule has 0 bridgehead atoms. The van der Waals surface area contributed by atoms with Gasteiger partial charge in [-0.15, -0.1) is 0 Å². The molecule has 0 aliphatic heterocycles. The summed E-state index contributed by atoms with van der Waals surface area (Å²) in [5, 5.41) is 16.2. The van der Waals surface area contributed by atoms with Crippen LogP contribution in [0.3, 0.4) is 0 Å². The Bertz CT molecular complexity index is 337. The summed E-state index contributed by atoms with van der Waals surface area (Å²) in [5.41, 5.74) is 0.474. The lowest BCUT2D eigenvalue weighted by Gasteiger charge is -2.09. The average Bonchev–Trinajstić information content (AvgIpc) is 2.34. The van der Waals surface area contributed by atoms with Gasteiger partial charge in [-0.3, -0.25) is 0 Å². The van der Waals surface area contributed by atoms with Crippen molar-refractivity contribution in [3.8, 4) is 0 Å². The van der Waals surface area contributed by atoms with Crippen molar-refractivity contribution in [3.63, 3.8) is 0 Å². The first kappa shape index (κ1) is 12.4. The monoisotopic (exact) mass is 221 g/mol. The van der Waals surface area contributed by atoms with Gasteiger partial charge in [-0.1, -0.05) is 18.2 Å². The van der Waals surface area contributed by atoms with Crippen LogP contribution in [0.2, 0.25) is 0 Å². The van der Waals surface area contributed by atoms with Crippen molar-refractivity contribution in [3.05, 3.63) is 35.9 Å². The summed E-state index contributed by atoms with van der Waals surface area (Å²) in [4.78, 5) is 11.4. The first-order valence-electron chi connectivity index (χ1n) is 5.13. The van der Waals surface area contributed by atoms with Crippen molar-refractivity contribution in [2.75, 3.05) is 6.61 Å². The molecule has 0 saturated heterocycles. The molecule has 1 aromatic rings. The van der Waals surface area contributed by atoms with Crippen LogP contribution in [0.15, 0.2) is 30.3 Å². The minimum absolute atomic E-state index is 0.0262. The Morgan fingerprint density at radius 1 is 1.44 bits per heavy atom. The second kappa shape index (κ2) is 6.74. The molecule has 0 saturated carbocycles. The first-order chi connectivity index (χ1) is 7.74. The molecule has 86 valence electrons. The third-order valence-electron chi connectivity index (χ3n) is 2.06. The molecule has 2 N–H and O–H groups in total. The van der Waals surface area contributed by atoms with Crippen LogP contribution in [0.25, 0.3) is 0 Å². The summed E-state index contributed by atoms with van der Waals surface area (Å²) in [6.45, 7) is -0.0262. The third kappa shape index (κ3) is 4.23. The van der Waals surface area contributed by atoms with Crippen LogP contribution >= 0.6 is 0 Å². The normalized spacial score (nSPS) is 11.8. The molecular formula is C12H15NO3. The molecule has 16 heavy (non-hydrogen) atoms. The Morgan fingerprint density at radius 3 is 2.75 bits per heavy atom. The van der Waals surface area contributed by atoms with Crippen molar-refractivity contribution in [2.24, 2.45) is 0 Å². The van der Waals surface area contributed by atoms with Crippen molar-refractivity contribution in [1.29, 1.82) is 5.41 Å². The summed E-state index contributed by atoms with van der Waals surface area (Å²) in [5.74, 6) is -0.436. The number of rotatable bonds is 6. The number of esters is 1. The van der Waals surface area contributed by atoms with E-state index in [4.69, 9.17) is 10.1 Å². The fourth-order valence-electron chi connectivity index (χ4n) is 1.19. The molecule has 0 aliphatic carbocycles. The molecule has 4 nitrogen and oxygen atoms in total. The number of ether oxygens (including phenoxy) is 1. The van der Waals surface area contributed by atoms with Gasteiger partial charge < -0.3 is 15.3 Å². The van der Waals surface area contributed by atoms with Gasteiger partial charge in [0.25, 0.3) is 0 Å². The number of hydrogen-bond donors (Lipinski definition) is 2. The van der Waals surface area contributed by atoms with Gasteiger partial charge in [-0.05, 0) is 31.2 Å². The summed E-state index contributed by atoms with van der Waals surface area (Å²) in [7, 11) is 0. The number of hydrogen-bond acceptors (Lipinski definition) is 4. The van der Waals surface area contributed by atoms with Crippen LogP contribution in [-0.2, 0) is 4.74 Å². The minimum atomic E-state index is -0.700. The van der Waals surface area contributed by atoms with Crippen LogP contribution in [-0.4, -0.2) is 30.0 Å². The zero-order valence-electron chi connectivity index (χ0n) is 8.93. The van der Waals surface area contributed by atoms with Gasteiger partial charge in [0.2, 0.25) is 0 Å². The Balaban J connectivity index is 2.33. The highest BCUT2D eigenvalue weighted by Crippen LogP contribution is 2.03. The summed E-state index contributed by atoms with van der Waals surface area (Å²) in [6, 6.07) is 8.64. The highest BCUT2D eigenvalue weighted by atomic mass is 16.5. The lowest BCUT2D eigenvalue weighted by atomic mass is 10.2. The largest absolute Gasteiger partial charge is 0.459 e. The van der Waals surface area contributed by atoms with Gasteiger partial charge >= 0.3 is 5.97 Å². The van der Waals surface area contributed by atoms with E-state index in [-0.39, 0.29) is 6.61 Å². The lowest BCUT2D eigenvalue weighted by Crippen LogP contribution is -2.18. The van der Waals surface area contributed by atoms with Gasteiger partial charge in [0.1, 0.15) is 6.61 Å². The molecule has 1 unspecified atom stereocenters. The molecule has 0 heterocycles. The van der Waals surface area contributed by atoms with Gasteiger partial charge in [-0.2, -0.15) is 0 Å². The molecule has 1 aromatic carbocycles. The smallest absolute Gasteiger partial charge is 0.338 e. The predicted molar refractivity (Wildman–Crippen MR) is 60.7 cm³/mol. The fraction of sp³-hybridized carbons (Fsp3) is 0.333. The van der Waals surface area contributed by atoms with Crippen LogP contribution in [0.1, 0.15) is 23.2 Å². The molecular weight excluding hydrogens is 206 g/mol. The molecule has 1 rings (SSSR count). The maximum Gasteiger partial charge on any atom is 0.338 e. The van der Waals surface area contributed by atoms with Gasteiger partial charge in [0.15, 0.2) is 0 Å². The summed E-state index contributed by atoms with van der Waals surface area (Å²) < 4.78 is 4.92. The molecule has 1 atom stereocenters. The Kier molecular flexibility index (Phi) is 5.22. The quantitative estimate of drug-likeness (QED) is 0.566. The third-order valence-corrected chi connectivity index (χ3v) is 2.06. The Morgan fingerprint density at radius 2 is 2.12 bits per heavy atom. The summed E-state index contributed by atoms with van der Waals surface area (Å²) in [6.07, 6.45) is 1.45. The van der Waals surface area contributed by atoms with E-state index in [1.165, 1.54) is 6.21 Å².